The lowest BCUT2D eigenvalue weighted by Crippen LogP contribution is -2.53. The molecule has 0 amide bonds. The number of aliphatic hydroxyl groups is 3. The van der Waals surface area contributed by atoms with Gasteiger partial charge in [-0.15, -0.1) is 11.3 Å². The maximum Gasteiger partial charge on any atom is 0.455 e. The van der Waals surface area contributed by atoms with Crippen LogP contribution < -0.4 is 0 Å². The fraction of sp³-hybridized carbons (Fsp3) is 0.333. The first-order valence-electron chi connectivity index (χ1n) is 10.2. The molecule has 1 heterocycles. The van der Waals surface area contributed by atoms with Crippen molar-refractivity contribution >= 4 is 11.3 Å². The van der Waals surface area contributed by atoms with Crippen LogP contribution in [0.3, 0.4) is 0 Å². The number of aliphatic hydroxyl groups excluding tert-OH is 2. The molecule has 10 heteroatoms. The number of alkyl halides is 6. The van der Waals surface area contributed by atoms with Crippen LogP contribution >= 0.6 is 11.3 Å². The first-order valence-corrected chi connectivity index (χ1v) is 11.1. The topological polar surface area (TPSA) is 60.7 Å². The smallest absolute Gasteiger partial charge is 0.392 e. The molecule has 1 unspecified atom stereocenters. The maximum atomic E-state index is 14.4. The highest BCUT2D eigenvalue weighted by Crippen LogP contribution is 2.50. The minimum Gasteiger partial charge on any atom is -0.392 e. The molecule has 3 aromatic rings. The molecule has 2 aromatic carbocycles. The van der Waals surface area contributed by atoms with Crippen LogP contribution in [-0.4, -0.2) is 27.4 Å². The van der Waals surface area contributed by atoms with E-state index in [0.29, 0.717) is 34.9 Å². The van der Waals surface area contributed by atoms with Crippen molar-refractivity contribution in [2.24, 2.45) is 0 Å². The Morgan fingerprint density at radius 2 is 1.47 bits per heavy atom. The van der Waals surface area contributed by atoms with Crippen molar-refractivity contribution in [1.82, 2.24) is 0 Å². The van der Waals surface area contributed by atoms with Crippen molar-refractivity contribution in [1.29, 1.82) is 0 Å². The van der Waals surface area contributed by atoms with E-state index in [1.165, 1.54) is 17.4 Å². The standard InChI is InChI=1S/C24H22F6O3S/c1-14-19(3-2-4-20(14)22(25,26)23(27,33)24(28,29)30)21-10-16(13-34-21)6-5-15-7-8-17(11-31)18(9-15)12-32/h2-4,7-10,13,31-33H,5-6,11-12H2,1H3. The van der Waals surface area contributed by atoms with E-state index < -0.39 is 23.5 Å². The molecule has 0 radical (unpaired) electrons. The van der Waals surface area contributed by atoms with E-state index in [9.17, 15) is 36.6 Å². The molecule has 3 nitrogen and oxygen atoms in total. The Balaban J connectivity index is 1.85. The normalized spacial score (nSPS) is 14.3. The summed E-state index contributed by atoms with van der Waals surface area (Å²) in [5.41, 5.74) is 1.71. The number of hydrogen-bond acceptors (Lipinski definition) is 4. The predicted molar refractivity (Wildman–Crippen MR) is 116 cm³/mol. The Kier molecular flexibility index (Phi) is 7.47. The van der Waals surface area contributed by atoms with Crippen molar-refractivity contribution < 1.29 is 41.7 Å². The van der Waals surface area contributed by atoms with Crippen molar-refractivity contribution in [2.45, 2.75) is 50.9 Å². The molecule has 0 bridgehead atoms. The summed E-state index contributed by atoms with van der Waals surface area (Å²) in [7, 11) is 0. The van der Waals surface area contributed by atoms with Crippen LogP contribution in [0.5, 0.6) is 0 Å². The molecule has 0 saturated carbocycles. The third-order valence-corrected chi connectivity index (χ3v) is 6.71. The zero-order chi connectivity index (χ0) is 25.3. The van der Waals surface area contributed by atoms with Gasteiger partial charge in [-0.25, -0.2) is 0 Å². The minimum absolute atomic E-state index is 0.190. The van der Waals surface area contributed by atoms with Crippen LogP contribution in [0.1, 0.15) is 33.4 Å². The van der Waals surface area contributed by atoms with Gasteiger partial charge in [-0.05, 0) is 64.6 Å². The zero-order valence-electron chi connectivity index (χ0n) is 18.0. The molecule has 0 aliphatic rings. The second kappa shape index (κ2) is 9.69. The van der Waals surface area contributed by atoms with Gasteiger partial charge in [0, 0.05) is 10.4 Å². The summed E-state index contributed by atoms with van der Waals surface area (Å²) in [6.45, 7) is 0.753. The molecule has 184 valence electrons. The highest BCUT2D eigenvalue weighted by atomic mass is 32.1. The fourth-order valence-corrected chi connectivity index (χ4v) is 4.70. The largest absolute Gasteiger partial charge is 0.455 e. The van der Waals surface area contributed by atoms with Crippen molar-refractivity contribution in [3.05, 3.63) is 81.2 Å². The average Bonchev–Trinajstić information content (AvgIpc) is 3.25. The van der Waals surface area contributed by atoms with Crippen LogP contribution in [0.2, 0.25) is 0 Å². The predicted octanol–water partition coefficient (Wildman–Crippen LogP) is 5.81. The van der Waals surface area contributed by atoms with Crippen LogP contribution in [-0.2, 0) is 32.0 Å². The number of halogens is 6. The summed E-state index contributed by atoms with van der Waals surface area (Å²) in [5, 5.41) is 29.5. The lowest BCUT2D eigenvalue weighted by atomic mass is 9.92. The second-order valence-corrected chi connectivity index (χ2v) is 8.82. The van der Waals surface area contributed by atoms with Crippen molar-refractivity contribution in [3.63, 3.8) is 0 Å². The highest BCUT2D eigenvalue weighted by Gasteiger charge is 2.71. The molecule has 3 N–H and O–H groups in total. The van der Waals surface area contributed by atoms with Crippen LogP contribution in [0, 0.1) is 6.92 Å². The Morgan fingerprint density at radius 1 is 0.824 bits per heavy atom. The van der Waals surface area contributed by atoms with E-state index in [0.717, 1.165) is 24.1 Å². The molecule has 0 saturated heterocycles. The first-order chi connectivity index (χ1) is 15.8. The van der Waals surface area contributed by atoms with Gasteiger partial charge in [-0.1, -0.05) is 36.4 Å². The van der Waals surface area contributed by atoms with Gasteiger partial charge in [-0.3, -0.25) is 0 Å². The van der Waals surface area contributed by atoms with Gasteiger partial charge in [0.05, 0.1) is 13.2 Å². The van der Waals surface area contributed by atoms with Gasteiger partial charge in [0.2, 0.25) is 0 Å². The molecular weight excluding hydrogens is 482 g/mol. The summed E-state index contributed by atoms with van der Waals surface area (Å²) in [6, 6.07) is 10.3. The number of hydrogen-bond donors (Lipinski definition) is 3. The molecule has 0 aliphatic carbocycles. The molecule has 34 heavy (non-hydrogen) atoms. The third-order valence-electron chi connectivity index (χ3n) is 5.70. The van der Waals surface area contributed by atoms with Gasteiger partial charge >= 0.3 is 18.0 Å². The Morgan fingerprint density at radius 3 is 2.09 bits per heavy atom. The highest BCUT2D eigenvalue weighted by molar-refractivity contribution is 7.13. The molecule has 3 rings (SSSR count). The van der Waals surface area contributed by atoms with E-state index in [-0.39, 0.29) is 24.3 Å². The van der Waals surface area contributed by atoms with E-state index >= 15 is 0 Å². The van der Waals surface area contributed by atoms with Crippen LogP contribution in [0.25, 0.3) is 10.4 Å². The van der Waals surface area contributed by atoms with E-state index in [2.05, 4.69) is 0 Å². The summed E-state index contributed by atoms with van der Waals surface area (Å²) >= 11 is 1.20. The summed E-state index contributed by atoms with van der Waals surface area (Å²) < 4.78 is 81.0. The molecule has 1 atom stereocenters. The monoisotopic (exact) mass is 504 g/mol. The van der Waals surface area contributed by atoms with Crippen molar-refractivity contribution in [3.8, 4) is 10.4 Å². The number of rotatable bonds is 8. The summed E-state index contributed by atoms with van der Waals surface area (Å²) in [4.78, 5) is 0.506. The van der Waals surface area contributed by atoms with Crippen LogP contribution in [0.4, 0.5) is 26.3 Å². The Hall–Kier alpha value is -2.40. The second-order valence-electron chi connectivity index (χ2n) is 7.91. The van der Waals surface area contributed by atoms with Gasteiger partial charge in [-0.2, -0.15) is 26.3 Å². The molecule has 0 fully saturated rings. The fourth-order valence-electron chi connectivity index (χ4n) is 3.67. The van der Waals surface area contributed by atoms with Gasteiger partial charge in [0.15, 0.2) is 0 Å². The number of thiophene rings is 1. The lowest BCUT2D eigenvalue weighted by molar-refractivity contribution is -0.390. The quantitative estimate of drug-likeness (QED) is 0.340. The van der Waals surface area contributed by atoms with E-state index in [4.69, 9.17) is 5.11 Å². The van der Waals surface area contributed by atoms with E-state index in [1.807, 2.05) is 6.07 Å². The first kappa shape index (κ1) is 26.2. The molecule has 1 aromatic heterocycles. The van der Waals surface area contributed by atoms with Gasteiger partial charge in [0.1, 0.15) is 0 Å². The number of benzene rings is 2. The van der Waals surface area contributed by atoms with Crippen molar-refractivity contribution in [2.75, 3.05) is 0 Å². The average molecular weight is 504 g/mol. The van der Waals surface area contributed by atoms with Gasteiger partial charge in [0.25, 0.3) is 0 Å². The Labute approximate surface area is 195 Å². The summed E-state index contributed by atoms with van der Waals surface area (Å²) in [5.74, 6) is -10.9. The van der Waals surface area contributed by atoms with Crippen LogP contribution in [0.15, 0.2) is 47.8 Å². The Bertz CT molecular complexity index is 1150. The maximum absolute atomic E-state index is 14.4. The van der Waals surface area contributed by atoms with Gasteiger partial charge < -0.3 is 15.3 Å². The minimum atomic E-state index is -6.18. The molecule has 0 aliphatic heterocycles. The molecular formula is C24H22F6O3S. The number of aryl methyl sites for hydroxylation is 2. The lowest BCUT2D eigenvalue weighted by Gasteiger charge is -2.31. The van der Waals surface area contributed by atoms with E-state index in [1.54, 1.807) is 23.6 Å². The molecule has 0 spiro atoms. The zero-order valence-corrected chi connectivity index (χ0v) is 18.8. The third kappa shape index (κ3) is 4.86. The summed E-state index contributed by atoms with van der Waals surface area (Å²) in [6.07, 6.45) is -5.03. The SMILES string of the molecule is Cc1c(-c2cc(CCc3ccc(CO)c(CO)c3)cs2)cccc1C(F)(F)C(O)(F)C(F)(F)F.